The smallest absolute Gasteiger partial charge is 0.111 e. The van der Waals surface area contributed by atoms with Crippen LogP contribution in [-0.2, 0) is 15.9 Å². The molecular weight excluding hydrogens is 172 g/mol. The van der Waals surface area contributed by atoms with Gasteiger partial charge in [-0.05, 0) is 44.1 Å². The van der Waals surface area contributed by atoms with Gasteiger partial charge in [-0.3, -0.25) is 0 Å². The van der Waals surface area contributed by atoms with Crippen molar-refractivity contribution in [1.82, 2.24) is 0 Å². The van der Waals surface area contributed by atoms with E-state index in [1.54, 1.807) is 0 Å². The molecule has 1 aromatic carbocycles. The third-order valence-corrected chi connectivity index (χ3v) is 3.39. The summed E-state index contributed by atoms with van der Waals surface area (Å²) >= 11 is 0. The first-order valence-corrected chi connectivity index (χ1v) is 5.06. The molecule has 0 N–H and O–H groups in total. The quantitative estimate of drug-likeness (QED) is 0.566. The summed E-state index contributed by atoms with van der Waals surface area (Å²) in [4.78, 5) is 0. The number of rotatable bonds is 0. The minimum atomic E-state index is -0.184. The number of aryl methyl sites for hydroxylation is 1. The number of ether oxygens (including phenoxy) is 1. The van der Waals surface area contributed by atoms with Crippen molar-refractivity contribution in [3.8, 4) is 0 Å². The van der Waals surface area contributed by atoms with Crippen LogP contribution in [0.2, 0.25) is 0 Å². The molecule has 0 radical (unpaired) electrons. The van der Waals surface area contributed by atoms with Crippen molar-refractivity contribution < 1.29 is 4.74 Å². The molecule has 2 aliphatic rings. The first kappa shape index (κ1) is 8.25. The highest BCUT2D eigenvalue weighted by Gasteiger charge is 2.50. The van der Waals surface area contributed by atoms with E-state index in [2.05, 4.69) is 51.1 Å². The normalized spacial score (nSPS) is 37.6. The van der Waals surface area contributed by atoms with Crippen LogP contribution >= 0.6 is 0 Å². The molecule has 0 fully saturated rings. The van der Waals surface area contributed by atoms with Gasteiger partial charge in [0.2, 0.25) is 0 Å². The minimum absolute atomic E-state index is 0.183. The molecule has 0 spiro atoms. The maximum atomic E-state index is 6.06. The van der Waals surface area contributed by atoms with Crippen molar-refractivity contribution in [2.45, 2.75) is 32.0 Å². The summed E-state index contributed by atoms with van der Waals surface area (Å²) in [7, 11) is 0. The zero-order chi connectivity index (χ0) is 9.97. The van der Waals surface area contributed by atoms with Crippen LogP contribution in [0, 0.1) is 6.92 Å². The maximum Gasteiger partial charge on any atom is 0.111 e. The van der Waals surface area contributed by atoms with Crippen LogP contribution < -0.4 is 0 Å². The van der Waals surface area contributed by atoms with E-state index in [1.165, 1.54) is 16.7 Å². The topological polar surface area (TPSA) is 9.23 Å². The largest absolute Gasteiger partial charge is 0.351 e. The molecule has 1 heteroatoms. The summed E-state index contributed by atoms with van der Waals surface area (Å²) < 4.78 is 6.06. The molecule has 0 saturated heterocycles. The summed E-state index contributed by atoms with van der Waals surface area (Å²) in [5.41, 5.74) is 3.60. The highest BCUT2D eigenvalue weighted by Crippen LogP contribution is 2.53. The summed E-state index contributed by atoms with van der Waals surface area (Å²) in [5, 5.41) is 0. The van der Waals surface area contributed by atoms with Crippen LogP contribution in [0.4, 0.5) is 0 Å². The van der Waals surface area contributed by atoms with Crippen molar-refractivity contribution >= 4 is 0 Å². The van der Waals surface area contributed by atoms with Gasteiger partial charge in [0.25, 0.3) is 0 Å². The Morgan fingerprint density at radius 2 is 1.64 bits per heavy atom. The zero-order valence-electron chi connectivity index (χ0n) is 8.79. The SMILES string of the molecule is Cc1ccc2c(c1)C1(C)C=CC2(C)O1. The number of hydrogen-bond donors (Lipinski definition) is 0. The summed E-state index contributed by atoms with van der Waals surface area (Å²) in [6, 6.07) is 6.59. The van der Waals surface area contributed by atoms with Gasteiger partial charge in [0.05, 0.1) is 0 Å². The van der Waals surface area contributed by atoms with Gasteiger partial charge in [-0.2, -0.15) is 0 Å². The molecule has 2 bridgehead atoms. The van der Waals surface area contributed by atoms with E-state index in [0.717, 1.165) is 0 Å². The van der Waals surface area contributed by atoms with Gasteiger partial charge >= 0.3 is 0 Å². The van der Waals surface area contributed by atoms with Crippen molar-refractivity contribution in [3.05, 3.63) is 47.0 Å². The second-order valence-corrected chi connectivity index (χ2v) is 4.70. The van der Waals surface area contributed by atoms with Crippen molar-refractivity contribution in [3.63, 3.8) is 0 Å². The Bertz CT molecular complexity index is 447. The van der Waals surface area contributed by atoms with E-state index in [0.29, 0.717) is 0 Å². The van der Waals surface area contributed by atoms with E-state index in [1.807, 2.05) is 0 Å². The van der Waals surface area contributed by atoms with Gasteiger partial charge in [0, 0.05) is 0 Å². The Balaban J connectivity index is 2.33. The summed E-state index contributed by atoms with van der Waals surface area (Å²) in [6.45, 7) is 6.40. The molecule has 1 aromatic rings. The molecular formula is C13H14O. The van der Waals surface area contributed by atoms with Crippen LogP contribution in [-0.4, -0.2) is 0 Å². The molecule has 2 heterocycles. The highest BCUT2D eigenvalue weighted by atomic mass is 16.5. The Hall–Kier alpha value is -1.08. The van der Waals surface area contributed by atoms with E-state index in [4.69, 9.17) is 4.74 Å². The molecule has 0 aromatic heterocycles. The fourth-order valence-corrected chi connectivity index (χ4v) is 2.62. The molecule has 14 heavy (non-hydrogen) atoms. The van der Waals surface area contributed by atoms with E-state index in [-0.39, 0.29) is 11.2 Å². The Labute approximate surface area is 84.4 Å². The maximum absolute atomic E-state index is 6.06. The van der Waals surface area contributed by atoms with Gasteiger partial charge in [-0.15, -0.1) is 0 Å². The fourth-order valence-electron chi connectivity index (χ4n) is 2.62. The lowest BCUT2D eigenvalue weighted by Crippen LogP contribution is -2.17. The van der Waals surface area contributed by atoms with Gasteiger partial charge in [0.1, 0.15) is 11.2 Å². The molecule has 2 atom stereocenters. The monoisotopic (exact) mass is 186 g/mol. The summed E-state index contributed by atoms with van der Waals surface area (Å²) in [6.07, 6.45) is 4.35. The predicted molar refractivity (Wildman–Crippen MR) is 56.1 cm³/mol. The average molecular weight is 186 g/mol. The number of hydrogen-bond acceptors (Lipinski definition) is 1. The Morgan fingerprint density at radius 1 is 1.00 bits per heavy atom. The molecule has 2 unspecified atom stereocenters. The molecule has 2 aliphatic heterocycles. The first-order chi connectivity index (χ1) is 6.54. The van der Waals surface area contributed by atoms with Crippen LogP contribution in [0.25, 0.3) is 0 Å². The lowest BCUT2D eigenvalue weighted by atomic mass is 9.83. The van der Waals surface area contributed by atoms with E-state index >= 15 is 0 Å². The van der Waals surface area contributed by atoms with Gasteiger partial charge in [-0.1, -0.05) is 23.8 Å². The lowest BCUT2D eigenvalue weighted by molar-refractivity contribution is -0.0495. The molecule has 72 valence electrons. The number of benzene rings is 1. The lowest BCUT2D eigenvalue weighted by Gasteiger charge is -2.18. The van der Waals surface area contributed by atoms with Gasteiger partial charge in [-0.25, -0.2) is 0 Å². The third-order valence-electron chi connectivity index (χ3n) is 3.39. The fraction of sp³-hybridized carbons (Fsp3) is 0.385. The molecule has 1 nitrogen and oxygen atoms in total. The molecule has 3 rings (SSSR count). The van der Waals surface area contributed by atoms with Crippen LogP contribution in [0.5, 0.6) is 0 Å². The first-order valence-electron chi connectivity index (χ1n) is 5.06. The second kappa shape index (κ2) is 2.12. The third kappa shape index (κ3) is 0.788. The number of fused-ring (bicyclic) bond motifs is 5. The molecule has 0 saturated carbocycles. The van der Waals surface area contributed by atoms with Crippen molar-refractivity contribution in [2.24, 2.45) is 0 Å². The Morgan fingerprint density at radius 3 is 2.36 bits per heavy atom. The van der Waals surface area contributed by atoms with Crippen LogP contribution in [0.3, 0.4) is 0 Å². The van der Waals surface area contributed by atoms with Crippen LogP contribution in [0.15, 0.2) is 30.4 Å². The predicted octanol–water partition coefficient (Wildman–Crippen LogP) is 3.03. The van der Waals surface area contributed by atoms with Gasteiger partial charge in [0.15, 0.2) is 0 Å². The summed E-state index contributed by atoms with van der Waals surface area (Å²) in [5.74, 6) is 0. The average Bonchev–Trinajstić information content (AvgIpc) is 2.53. The zero-order valence-corrected chi connectivity index (χ0v) is 8.79. The van der Waals surface area contributed by atoms with E-state index in [9.17, 15) is 0 Å². The Kier molecular flexibility index (Phi) is 1.25. The second-order valence-electron chi connectivity index (χ2n) is 4.70. The van der Waals surface area contributed by atoms with Crippen molar-refractivity contribution in [1.29, 1.82) is 0 Å². The molecule has 0 amide bonds. The van der Waals surface area contributed by atoms with E-state index < -0.39 is 0 Å². The minimum Gasteiger partial charge on any atom is -0.351 e. The van der Waals surface area contributed by atoms with Crippen molar-refractivity contribution in [2.75, 3.05) is 0 Å². The highest BCUT2D eigenvalue weighted by molar-refractivity contribution is 5.51. The van der Waals surface area contributed by atoms with Crippen LogP contribution in [0.1, 0.15) is 30.5 Å². The standard InChI is InChI=1S/C13H14O/c1-9-4-5-10-11(8-9)13(3)7-6-12(10,2)14-13/h4-8H,1-3H3. The van der Waals surface area contributed by atoms with Gasteiger partial charge < -0.3 is 4.74 Å². The molecule has 0 aliphatic carbocycles.